The van der Waals surface area contributed by atoms with Crippen LogP contribution in [-0.4, -0.2) is 23.8 Å². The minimum atomic E-state index is -0.645. The van der Waals surface area contributed by atoms with Crippen LogP contribution in [0.2, 0.25) is 0 Å². The molecule has 1 aliphatic rings. The van der Waals surface area contributed by atoms with Gasteiger partial charge in [0.2, 0.25) is 0 Å². The van der Waals surface area contributed by atoms with Gasteiger partial charge in [-0.2, -0.15) is 0 Å². The zero-order valence-electron chi connectivity index (χ0n) is 5.76. The Morgan fingerprint density at radius 1 is 1.56 bits per heavy atom. The summed E-state index contributed by atoms with van der Waals surface area (Å²) in [6, 6.07) is 0. The van der Waals surface area contributed by atoms with Crippen molar-refractivity contribution in [2.75, 3.05) is 6.61 Å². The van der Waals surface area contributed by atoms with Gasteiger partial charge in [0.1, 0.15) is 0 Å². The highest BCUT2D eigenvalue weighted by atomic mass is 16.8. The normalized spacial score (nSPS) is 34.3. The van der Waals surface area contributed by atoms with Crippen molar-refractivity contribution in [1.29, 1.82) is 0 Å². The van der Waals surface area contributed by atoms with Gasteiger partial charge < -0.3 is 14.6 Å². The highest BCUT2D eigenvalue weighted by Gasteiger charge is 2.27. The smallest absolute Gasteiger partial charge is 0.165 e. The molecule has 1 rings (SSSR count). The highest BCUT2D eigenvalue weighted by molar-refractivity contribution is 4.60. The van der Waals surface area contributed by atoms with Gasteiger partial charge in [0.25, 0.3) is 0 Å². The summed E-state index contributed by atoms with van der Waals surface area (Å²) in [7, 11) is 0. The summed E-state index contributed by atoms with van der Waals surface area (Å²) >= 11 is 0. The van der Waals surface area contributed by atoms with Crippen LogP contribution >= 0.6 is 0 Å². The molecule has 1 unspecified atom stereocenters. The molecule has 0 aromatic heterocycles. The van der Waals surface area contributed by atoms with E-state index in [9.17, 15) is 0 Å². The lowest BCUT2D eigenvalue weighted by molar-refractivity contribution is -0.319. The molecule has 1 fully saturated rings. The van der Waals surface area contributed by atoms with E-state index in [1.165, 1.54) is 0 Å². The molecular formula is C6H12O3. The molecule has 1 heterocycles. The van der Waals surface area contributed by atoms with Crippen LogP contribution in [0.1, 0.15) is 20.3 Å². The minimum absolute atomic E-state index is 0.573. The topological polar surface area (TPSA) is 38.7 Å². The number of hydrogen-bond donors (Lipinski definition) is 1. The van der Waals surface area contributed by atoms with Gasteiger partial charge in [0.15, 0.2) is 12.1 Å². The number of aliphatic hydroxyl groups excluding tert-OH is 1. The van der Waals surface area contributed by atoms with Crippen molar-refractivity contribution in [2.24, 2.45) is 0 Å². The lowest BCUT2D eigenvalue weighted by Gasteiger charge is -2.33. The molecule has 0 saturated carbocycles. The van der Waals surface area contributed by atoms with Crippen molar-refractivity contribution in [3.8, 4) is 0 Å². The Labute approximate surface area is 54.6 Å². The molecule has 1 saturated heterocycles. The summed E-state index contributed by atoms with van der Waals surface area (Å²) in [5, 5.41) is 8.94. The molecule has 0 aromatic carbocycles. The zero-order valence-corrected chi connectivity index (χ0v) is 5.76. The van der Waals surface area contributed by atoms with E-state index >= 15 is 0 Å². The van der Waals surface area contributed by atoms with Crippen LogP contribution in [-0.2, 0) is 9.47 Å². The summed E-state index contributed by atoms with van der Waals surface area (Å²) in [5.74, 6) is -0.600. The lowest BCUT2D eigenvalue weighted by Crippen LogP contribution is -2.39. The quantitative estimate of drug-likeness (QED) is 0.521. The third-order valence-electron chi connectivity index (χ3n) is 1.23. The van der Waals surface area contributed by atoms with Crippen molar-refractivity contribution in [3.63, 3.8) is 0 Å². The average molecular weight is 132 g/mol. The molecule has 54 valence electrons. The Morgan fingerprint density at radius 2 is 2.22 bits per heavy atom. The Bertz CT molecular complexity index is 100. The fourth-order valence-corrected chi connectivity index (χ4v) is 0.826. The Hall–Kier alpha value is -0.120. The maximum absolute atomic E-state index is 8.94. The fourth-order valence-electron chi connectivity index (χ4n) is 0.826. The lowest BCUT2D eigenvalue weighted by atomic mass is 10.3. The fraction of sp³-hybridized carbons (Fsp3) is 1.00. The van der Waals surface area contributed by atoms with E-state index in [-0.39, 0.29) is 0 Å². The van der Waals surface area contributed by atoms with E-state index in [1.54, 1.807) is 13.8 Å². The second kappa shape index (κ2) is 2.25. The van der Waals surface area contributed by atoms with Crippen LogP contribution in [0.25, 0.3) is 0 Å². The molecule has 3 heteroatoms. The van der Waals surface area contributed by atoms with E-state index in [2.05, 4.69) is 0 Å². The summed E-state index contributed by atoms with van der Waals surface area (Å²) < 4.78 is 10.2. The Morgan fingerprint density at radius 3 is 2.56 bits per heavy atom. The third-order valence-corrected chi connectivity index (χ3v) is 1.23. The SMILES string of the molecule is CC1(C)OCCC(O)O1. The first-order chi connectivity index (χ1) is 4.10. The molecule has 0 bridgehead atoms. The highest BCUT2D eigenvalue weighted by Crippen LogP contribution is 2.19. The first-order valence-electron chi connectivity index (χ1n) is 3.10. The molecule has 3 nitrogen and oxygen atoms in total. The summed E-state index contributed by atoms with van der Waals surface area (Å²) in [5.41, 5.74) is 0. The van der Waals surface area contributed by atoms with Crippen LogP contribution in [0.15, 0.2) is 0 Å². The van der Waals surface area contributed by atoms with Crippen LogP contribution in [0, 0.1) is 0 Å². The van der Waals surface area contributed by atoms with Gasteiger partial charge in [-0.15, -0.1) is 0 Å². The number of ether oxygens (including phenoxy) is 2. The Balaban J connectivity index is 2.41. The van der Waals surface area contributed by atoms with Crippen molar-refractivity contribution in [1.82, 2.24) is 0 Å². The van der Waals surface area contributed by atoms with E-state index in [0.29, 0.717) is 13.0 Å². The van der Waals surface area contributed by atoms with Gasteiger partial charge in [-0.05, 0) is 13.8 Å². The largest absolute Gasteiger partial charge is 0.368 e. The molecule has 1 aliphatic heterocycles. The zero-order chi connectivity index (χ0) is 6.91. The standard InChI is InChI=1S/C6H12O3/c1-6(2)8-4-3-5(7)9-6/h5,7H,3-4H2,1-2H3. The van der Waals surface area contributed by atoms with Crippen molar-refractivity contribution in [2.45, 2.75) is 32.3 Å². The average Bonchev–Trinajstić information content (AvgIpc) is 1.60. The molecule has 1 atom stereocenters. The number of aliphatic hydroxyl groups is 1. The van der Waals surface area contributed by atoms with Crippen molar-refractivity contribution < 1.29 is 14.6 Å². The Kier molecular flexibility index (Phi) is 1.75. The molecule has 0 amide bonds. The number of rotatable bonds is 0. The first-order valence-corrected chi connectivity index (χ1v) is 3.10. The van der Waals surface area contributed by atoms with Crippen LogP contribution in [0.3, 0.4) is 0 Å². The summed E-state index contributed by atoms with van der Waals surface area (Å²) in [4.78, 5) is 0. The van der Waals surface area contributed by atoms with Gasteiger partial charge in [-0.3, -0.25) is 0 Å². The van der Waals surface area contributed by atoms with Crippen molar-refractivity contribution in [3.05, 3.63) is 0 Å². The second-order valence-electron chi connectivity index (χ2n) is 2.61. The van der Waals surface area contributed by atoms with Crippen LogP contribution in [0.4, 0.5) is 0 Å². The van der Waals surface area contributed by atoms with Gasteiger partial charge in [0, 0.05) is 6.42 Å². The van der Waals surface area contributed by atoms with E-state index < -0.39 is 12.1 Å². The first kappa shape index (κ1) is 6.99. The summed E-state index contributed by atoms with van der Waals surface area (Å²) in [6.45, 7) is 4.15. The van der Waals surface area contributed by atoms with Crippen LogP contribution in [0.5, 0.6) is 0 Å². The van der Waals surface area contributed by atoms with Gasteiger partial charge in [-0.1, -0.05) is 0 Å². The van der Waals surface area contributed by atoms with Crippen LogP contribution < -0.4 is 0 Å². The molecule has 0 spiro atoms. The van der Waals surface area contributed by atoms with Gasteiger partial charge >= 0.3 is 0 Å². The predicted molar refractivity (Wildman–Crippen MR) is 31.7 cm³/mol. The van der Waals surface area contributed by atoms with Gasteiger partial charge in [0.05, 0.1) is 6.61 Å². The minimum Gasteiger partial charge on any atom is -0.368 e. The molecule has 0 aromatic rings. The maximum atomic E-state index is 8.94. The summed E-state index contributed by atoms with van der Waals surface area (Å²) in [6.07, 6.45) is -0.0718. The molecule has 0 radical (unpaired) electrons. The van der Waals surface area contributed by atoms with E-state index in [1.807, 2.05) is 0 Å². The second-order valence-corrected chi connectivity index (χ2v) is 2.61. The third kappa shape index (κ3) is 1.93. The monoisotopic (exact) mass is 132 g/mol. The molecule has 9 heavy (non-hydrogen) atoms. The predicted octanol–water partition coefficient (Wildman–Crippen LogP) is 0.478. The van der Waals surface area contributed by atoms with E-state index in [0.717, 1.165) is 0 Å². The molecular weight excluding hydrogens is 120 g/mol. The molecule has 0 aliphatic carbocycles. The maximum Gasteiger partial charge on any atom is 0.165 e. The van der Waals surface area contributed by atoms with Crippen molar-refractivity contribution >= 4 is 0 Å². The van der Waals surface area contributed by atoms with E-state index in [4.69, 9.17) is 14.6 Å². The molecule has 1 N–H and O–H groups in total. The van der Waals surface area contributed by atoms with Gasteiger partial charge in [-0.25, -0.2) is 0 Å². The number of hydrogen-bond acceptors (Lipinski definition) is 3.